The fraction of sp³-hybridized carbons (Fsp3) is 0.481. The number of hydrogen-bond acceptors (Lipinski definition) is 6. The highest BCUT2D eigenvalue weighted by Gasteiger charge is 2.30. The van der Waals surface area contributed by atoms with Gasteiger partial charge in [-0.3, -0.25) is 13.9 Å². The van der Waals surface area contributed by atoms with E-state index in [1.54, 1.807) is 10.6 Å². The van der Waals surface area contributed by atoms with Crippen molar-refractivity contribution in [1.29, 1.82) is 0 Å². The first-order chi connectivity index (χ1) is 17.9. The molecular formula is C27H30FN5O4. The van der Waals surface area contributed by atoms with Gasteiger partial charge in [-0.15, -0.1) is 0 Å². The molecule has 1 aliphatic heterocycles. The fourth-order valence-corrected chi connectivity index (χ4v) is 4.54. The third-order valence-corrected chi connectivity index (χ3v) is 6.59. The second-order valence-corrected chi connectivity index (χ2v) is 9.83. The van der Waals surface area contributed by atoms with Crippen molar-refractivity contribution in [3.05, 3.63) is 67.8 Å². The summed E-state index contributed by atoms with van der Waals surface area (Å²) in [6.07, 6.45) is 7.71. The molecule has 9 nitrogen and oxygen atoms in total. The molecule has 2 aromatic rings. The number of ether oxygens (including phenoxy) is 1. The summed E-state index contributed by atoms with van der Waals surface area (Å²) in [6.45, 7) is 4.28. The molecule has 0 saturated heterocycles. The van der Waals surface area contributed by atoms with E-state index in [1.807, 2.05) is 26.0 Å². The Balaban J connectivity index is 1.80. The second-order valence-electron chi connectivity index (χ2n) is 9.83. The standard InChI is InChI=1S/C27H30FN5O4/c1-17(2)33-24-22(26(35)31(27(33)36)11-6-12-34)32(15-18-7-4-3-5-8-18)23(30-24)21-13-20(28)14-29-25(21)37-16-19-9-10-19/h3-4,7,14,17,19-20,34H,6,9-13,15-16H2,1-2H3. The first-order valence-electron chi connectivity index (χ1n) is 12.7. The number of hydrogen-bond donors (Lipinski definition) is 1. The number of alkyl halides is 1. The van der Waals surface area contributed by atoms with Gasteiger partial charge in [0.2, 0.25) is 5.88 Å². The van der Waals surface area contributed by atoms with Gasteiger partial charge in [-0.25, -0.2) is 19.2 Å². The van der Waals surface area contributed by atoms with Crippen LogP contribution >= 0.6 is 0 Å². The topological polar surface area (TPSA) is 104 Å². The Kier molecular flexibility index (Phi) is 6.98. The van der Waals surface area contributed by atoms with Crippen molar-refractivity contribution in [2.75, 3.05) is 13.2 Å². The summed E-state index contributed by atoms with van der Waals surface area (Å²) in [5.74, 6) is 1.09. The predicted octanol–water partition coefficient (Wildman–Crippen LogP) is 3.04. The van der Waals surface area contributed by atoms with Crippen molar-refractivity contribution in [3.63, 3.8) is 0 Å². The van der Waals surface area contributed by atoms with Crippen LogP contribution in [0.4, 0.5) is 4.39 Å². The van der Waals surface area contributed by atoms with Gasteiger partial charge in [-0.2, -0.15) is 0 Å². The molecule has 194 valence electrons. The van der Waals surface area contributed by atoms with Crippen LogP contribution in [0.2, 0.25) is 0 Å². The lowest BCUT2D eigenvalue weighted by atomic mass is 10.1. The van der Waals surface area contributed by atoms with Crippen LogP contribution in [0, 0.1) is 5.92 Å². The summed E-state index contributed by atoms with van der Waals surface area (Å²) < 4.78 is 25.0. The zero-order valence-corrected chi connectivity index (χ0v) is 21.0. The van der Waals surface area contributed by atoms with Crippen LogP contribution in [-0.2, 0) is 17.8 Å². The molecule has 5 rings (SSSR count). The second kappa shape index (κ2) is 10.3. The zero-order chi connectivity index (χ0) is 26.1. The summed E-state index contributed by atoms with van der Waals surface area (Å²) in [6, 6.07) is -0.304. The highest BCUT2D eigenvalue weighted by Crippen LogP contribution is 2.34. The number of halogens is 1. The van der Waals surface area contributed by atoms with Gasteiger partial charge in [0, 0.05) is 37.4 Å². The van der Waals surface area contributed by atoms with Gasteiger partial charge in [0.05, 0.1) is 18.7 Å². The molecule has 3 aliphatic rings. The zero-order valence-electron chi connectivity index (χ0n) is 21.0. The molecule has 2 aliphatic carbocycles. The van der Waals surface area contributed by atoms with Gasteiger partial charge in [0.1, 0.15) is 12.0 Å². The molecule has 1 saturated carbocycles. The van der Waals surface area contributed by atoms with Crippen LogP contribution in [0.25, 0.3) is 16.7 Å². The number of aliphatic hydroxyl groups excluding tert-OH is 1. The maximum absolute atomic E-state index is 14.6. The maximum atomic E-state index is 14.6. The molecule has 0 aromatic carbocycles. The summed E-state index contributed by atoms with van der Waals surface area (Å²) in [7, 11) is 0. The number of imidazole rings is 1. The normalized spacial score (nSPS) is 18.9. The Morgan fingerprint density at radius 2 is 2.08 bits per heavy atom. The number of rotatable bonds is 10. The molecule has 1 unspecified atom stereocenters. The molecular weight excluding hydrogens is 477 g/mol. The Labute approximate surface area is 212 Å². The van der Waals surface area contributed by atoms with Crippen LogP contribution in [0.3, 0.4) is 0 Å². The monoisotopic (exact) mass is 507 g/mol. The molecule has 0 amide bonds. The number of nitrogens with zero attached hydrogens (tertiary/aromatic N) is 5. The van der Waals surface area contributed by atoms with Gasteiger partial charge >= 0.3 is 5.69 Å². The smallest absolute Gasteiger partial charge is 0.332 e. The lowest BCUT2D eigenvalue weighted by molar-refractivity contribution is 0.196. The Hall–Kier alpha value is -3.71. The molecule has 37 heavy (non-hydrogen) atoms. The number of fused-ring (bicyclic) bond motifs is 1. The van der Waals surface area contributed by atoms with E-state index < -0.39 is 17.4 Å². The minimum atomic E-state index is -1.33. The van der Waals surface area contributed by atoms with E-state index in [9.17, 15) is 19.1 Å². The van der Waals surface area contributed by atoms with Crippen molar-refractivity contribution < 1.29 is 14.2 Å². The Morgan fingerprint density at radius 3 is 2.76 bits per heavy atom. The molecule has 3 heterocycles. The average Bonchev–Trinajstić information content (AvgIpc) is 3.64. The van der Waals surface area contributed by atoms with Crippen molar-refractivity contribution in [2.45, 2.75) is 64.8 Å². The largest absolute Gasteiger partial charge is 0.477 e. The average molecular weight is 508 g/mol. The summed E-state index contributed by atoms with van der Waals surface area (Å²) in [4.78, 5) is 36.2. The highest BCUT2D eigenvalue weighted by molar-refractivity contribution is 5.81. The van der Waals surface area contributed by atoms with E-state index in [2.05, 4.69) is 16.5 Å². The summed E-state index contributed by atoms with van der Waals surface area (Å²) in [5, 5.41) is 9.35. The fourth-order valence-electron chi connectivity index (χ4n) is 4.54. The quantitative estimate of drug-likeness (QED) is 0.498. The first-order valence-corrected chi connectivity index (χ1v) is 12.7. The van der Waals surface area contributed by atoms with E-state index >= 15 is 0 Å². The van der Waals surface area contributed by atoms with Crippen molar-refractivity contribution >= 4 is 23.0 Å². The van der Waals surface area contributed by atoms with E-state index in [0.29, 0.717) is 29.8 Å². The summed E-state index contributed by atoms with van der Waals surface area (Å²) >= 11 is 0. The van der Waals surface area contributed by atoms with Crippen molar-refractivity contribution in [1.82, 2.24) is 18.7 Å². The predicted molar refractivity (Wildman–Crippen MR) is 138 cm³/mol. The third-order valence-electron chi connectivity index (χ3n) is 6.59. The van der Waals surface area contributed by atoms with E-state index in [-0.39, 0.29) is 49.7 Å². The van der Waals surface area contributed by atoms with Crippen LogP contribution in [-0.4, -0.2) is 49.4 Å². The first kappa shape index (κ1) is 25.0. The van der Waals surface area contributed by atoms with Gasteiger partial charge in [-0.1, -0.05) is 17.5 Å². The molecule has 1 atom stereocenters. The van der Waals surface area contributed by atoms with Gasteiger partial charge in [-0.05, 0) is 51.2 Å². The third kappa shape index (κ3) is 4.96. The lowest BCUT2D eigenvalue weighted by Gasteiger charge is -2.19. The van der Waals surface area contributed by atoms with E-state index in [0.717, 1.165) is 23.0 Å². The number of allylic oxidation sites excluding steroid dienone is 5. The highest BCUT2D eigenvalue weighted by atomic mass is 19.1. The van der Waals surface area contributed by atoms with E-state index in [1.165, 1.54) is 10.8 Å². The molecule has 1 fully saturated rings. The van der Waals surface area contributed by atoms with Gasteiger partial charge in [0.25, 0.3) is 5.56 Å². The Bertz CT molecular complexity index is 1540. The maximum Gasteiger partial charge on any atom is 0.332 e. The molecule has 10 heteroatoms. The van der Waals surface area contributed by atoms with Crippen LogP contribution in [0.1, 0.15) is 51.4 Å². The molecule has 2 aromatic heterocycles. The number of aliphatic hydroxyl groups is 1. The lowest BCUT2D eigenvalue weighted by Crippen LogP contribution is -2.41. The Morgan fingerprint density at radius 1 is 1.27 bits per heavy atom. The van der Waals surface area contributed by atoms with Crippen molar-refractivity contribution in [3.8, 4) is 0 Å². The van der Waals surface area contributed by atoms with Gasteiger partial charge < -0.3 is 14.4 Å². The van der Waals surface area contributed by atoms with Crippen molar-refractivity contribution in [2.24, 2.45) is 10.9 Å². The molecule has 1 N–H and O–H groups in total. The van der Waals surface area contributed by atoms with Crippen LogP contribution in [0.15, 0.2) is 55.7 Å². The minimum absolute atomic E-state index is 0.0118. The van der Waals surface area contributed by atoms with E-state index in [4.69, 9.17) is 9.72 Å². The SMILES string of the molecule is CC(C)n1c(=O)n(CCCO)c(=O)c2c1nc(C1=C(OCC3CC3)N=CC(F)C1)n2CC1=C=C=CC=C1. The molecule has 0 bridgehead atoms. The number of aliphatic imine (C=N–C) groups is 1. The molecule has 0 radical (unpaired) electrons. The van der Waals surface area contributed by atoms with Gasteiger partial charge in [0.15, 0.2) is 11.2 Å². The molecule has 0 spiro atoms. The van der Waals surface area contributed by atoms with Crippen LogP contribution in [0.5, 0.6) is 0 Å². The number of aromatic nitrogens is 4. The van der Waals surface area contributed by atoms with Crippen LogP contribution < -0.4 is 11.2 Å². The minimum Gasteiger partial charge on any atom is -0.477 e. The summed E-state index contributed by atoms with van der Waals surface area (Å²) in [5.41, 5.74) is 6.60.